The number of fused-ring (bicyclic) bond motifs is 4. The predicted octanol–water partition coefficient (Wildman–Crippen LogP) is 8.49. The van der Waals surface area contributed by atoms with Gasteiger partial charge in [-0.1, -0.05) is 60.3 Å². The Bertz CT molecular complexity index is 2260. The molecular weight excluding hydrogens is 793 g/mol. The minimum absolute atomic E-state index is 0. The van der Waals surface area contributed by atoms with Gasteiger partial charge in [-0.25, -0.2) is 8.42 Å². The minimum atomic E-state index is -3.68. The fourth-order valence-electron chi connectivity index (χ4n) is 5.40. The molecule has 8 heteroatoms. The van der Waals surface area contributed by atoms with E-state index in [0.29, 0.717) is 16.6 Å². The molecule has 0 bridgehead atoms. The Hall–Kier alpha value is -5.40. The smallest absolute Gasteiger partial charge is 0.340 e. The Morgan fingerprint density at radius 3 is 1.75 bits per heavy atom. The van der Waals surface area contributed by atoms with Crippen molar-refractivity contribution in [2.75, 3.05) is 0 Å². The van der Waals surface area contributed by atoms with Crippen LogP contribution in [0, 0.1) is 18.2 Å². The number of pyridine rings is 4. The van der Waals surface area contributed by atoms with Crippen LogP contribution in [-0.4, -0.2) is 28.4 Å². The summed E-state index contributed by atoms with van der Waals surface area (Å²) >= 11 is 0. The second-order valence-electron chi connectivity index (χ2n) is 10.4. The van der Waals surface area contributed by atoms with Gasteiger partial charge in [0, 0.05) is 18.6 Å². The first-order valence-corrected chi connectivity index (χ1v) is 16.3. The van der Waals surface area contributed by atoms with E-state index in [2.05, 4.69) is 38.1 Å². The van der Waals surface area contributed by atoms with Gasteiger partial charge < -0.3 is 19.9 Å². The molecule has 4 aromatic heterocycles. The summed E-state index contributed by atoms with van der Waals surface area (Å²) in [6.07, 6.45) is 6.73. The molecule has 9 rings (SSSR count). The van der Waals surface area contributed by atoms with Crippen LogP contribution >= 0.6 is 0 Å². The molecule has 1 aliphatic heterocycles. The van der Waals surface area contributed by atoms with E-state index in [1.807, 2.05) is 115 Å². The van der Waals surface area contributed by atoms with Gasteiger partial charge in [-0.05, 0) is 62.9 Å². The average molecular weight is 818 g/mol. The van der Waals surface area contributed by atoms with E-state index < -0.39 is 9.84 Å². The Morgan fingerprint density at radius 2 is 1.15 bits per heavy atom. The maximum absolute atomic E-state index is 13.0. The molecule has 48 heavy (non-hydrogen) atoms. The van der Waals surface area contributed by atoms with Gasteiger partial charge >= 0.3 is 20.1 Å². The summed E-state index contributed by atoms with van der Waals surface area (Å²) in [4.78, 5) is 17.2. The standard InChI is InChI=1S/C18H9N2O2S.2C11H8N.Ir/c21-23(22)15-10-11-4-1-2-5-12(11)13-7-9-19-17(16(13)15)14-6-3-8-20-18(14)23;2*1-2-6-10(7-3-1)11-8-4-5-9-12-11;/h1-5,7-10H;2*1-6,8-9H;/q3*-1;+3. The quantitative estimate of drug-likeness (QED) is 0.129. The predicted molar refractivity (Wildman–Crippen MR) is 184 cm³/mol. The van der Waals surface area contributed by atoms with Crippen LogP contribution in [0.4, 0.5) is 0 Å². The van der Waals surface area contributed by atoms with Crippen LogP contribution in [0.1, 0.15) is 0 Å². The molecule has 232 valence electrons. The summed E-state index contributed by atoms with van der Waals surface area (Å²) in [7, 11) is -3.68. The monoisotopic (exact) mass is 818 g/mol. The van der Waals surface area contributed by atoms with E-state index in [1.54, 1.807) is 30.7 Å². The van der Waals surface area contributed by atoms with E-state index in [9.17, 15) is 8.42 Å². The van der Waals surface area contributed by atoms with Gasteiger partial charge in [-0.15, -0.1) is 83.9 Å². The second kappa shape index (κ2) is 14.6. The fraction of sp³-hybridized carbons (Fsp3) is 0. The molecule has 0 saturated carbocycles. The van der Waals surface area contributed by atoms with Crippen LogP contribution in [0.15, 0.2) is 162 Å². The molecule has 0 radical (unpaired) electrons. The number of aromatic nitrogens is 4. The molecule has 8 aromatic rings. The molecule has 4 aromatic carbocycles. The van der Waals surface area contributed by atoms with Crippen molar-refractivity contribution in [3.05, 3.63) is 170 Å². The zero-order chi connectivity index (χ0) is 32.1. The number of hydrogen-bond donors (Lipinski definition) is 0. The number of hydrogen-bond acceptors (Lipinski definition) is 6. The molecule has 0 spiro atoms. The number of sulfone groups is 1. The van der Waals surface area contributed by atoms with Crippen LogP contribution in [-0.2, 0) is 29.9 Å². The topological polar surface area (TPSA) is 85.7 Å². The van der Waals surface area contributed by atoms with Gasteiger partial charge in [0.1, 0.15) is 0 Å². The average Bonchev–Trinajstić information content (AvgIpc) is 3.16. The third-order valence-corrected chi connectivity index (χ3v) is 9.24. The van der Waals surface area contributed by atoms with Crippen LogP contribution < -0.4 is 0 Å². The van der Waals surface area contributed by atoms with E-state index >= 15 is 0 Å². The molecular formula is C40H25IrN4O2S. The molecule has 0 aliphatic carbocycles. The summed E-state index contributed by atoms with van der Waals surface area (Å²) < 4.78 is 26.0. The molecule has 0 atom stereocenters. The van der Waals surface area contributed by atoms with Crippen molar-refractivity contribution in [3.63, 3.8) is 0 Å². The van der Waals surface area contributed by atoms with Gasteiger partial charge in [0.25, 0.3) is 0 Å². The summed E-state index contributed by atoms with van der Waals surface area (Å²) in [5, 5.41) is 3.47. The summed E-state index contributed by atoms with van der Waals surface area (Å²) in [6, 6.07) is 49.6. The minimum Gasteiger partial charge on any atom is -0.340 e. The Balaban J connectivity index is 0.000000136. The summed E-state index contributed by atoms with van der Waals surface area (Å²) in [5.74, 6) is 0. The third-order valence-electron chi connectivity index (χ3n) is 7.52. The fourth-order valence-corrected chi connectivity index (χ4v) is 6.99. The van der Waals surface area contributed by atoms with Crippen molar-refractivity contribution in [3.8, 4) is 33.8 Å². The zero-order valence-corrected chi connectivity index (χ0v) is 28.5. The molecule has 0 unspecified atom stereocenters. The van der Waals surface area contributed by atoms with Gasteiger partial charge in [-0.2, -0.15) is 0 Å². The van der Waals surface area contributed by atoms with Crippen molar-refractivity contribution >= 4 is 31.4 Å². The van der Waals surface area contributed by atoms with Crippen molar-refractivity contribution in [1.29, 1.82) is 0 Å². The van der Waals surface area contributed by atoms with Gasteiger partial charge in [0.05, 0.1) is 9.92 Å². The first kappa shape index (κ1) is 32.5. The Labute approximate surface area is 292 Å². The van der Waals surface area contributed by atoms with Gasteiger partial charge in [-0.3, -0.25) is 0 Å². The Kier molecular flexibility index (Phi) is 9.88. The van der Waals surface area contributed by atoms with E-state index in [0.717, 1.165) is 38.7 Å². The first-order chi connectivity index (χ1) is 23.1. The maximum Gasteiger partial charge on any atom is 3.00 e. The molecule has 6 nitrogen and oxygen atoms in total. The third kappa shape index (κ3) is 6.55. The number of benzene rings is 4. The number of rotatable bonds is 2. The Morgan fingerprint density at radius 1 is 0.521 bits per heavy atom. The largest absolute Gasteiger partial charge is 3.00 e. The molecule has 0 amide bonds. The summed E-state index contributed by atoms with van der Waals surface area (Å²) in [5.41, 5.74) is 5.09. The number of nitrogens with zero attached hydrogens (tertiary/aromatic N) is 4. The van der Waals surface area contributed by atoms with Gasteiger partial charge in [0.15, 0.2) is 9.84 Å². The first-order valence-electron chi connectivity index (χ1n) is 14.8. The van der Waals surface area contributed by atoms with E-state index in [-0.39, 0.29) is 30.0 Å². The van der Waals surface area contributed by atoms with Crippen molar-refractivity contribution in [2.45, 2.75) is 9.92 Å². The molecule has 0 saturated heterocycles. The molecule has 1 aliphatic rings. The molecule has 0 N–H and O–H groups in total. The van der Waals surface area contributed by atoms with Crippen molar-refractivity contribution in [1.82, 2.24) is 19.9 Å². The van der Waals surface area contributed by atoms with Crippen LogP contribution in [0.3, 0.4) is 0 Å². The second-order valence-corrected chi connectivity index (χ2v) is 12.3. The van der Waals surface area contributed by atoms with Crippen LogP contribution in [0.5, 0.6) is 0 Å². The summed E-state index contributed by atoms with van der Waals surface area (Å²) in [6.45, 7) is 0. The molecule has 5 heterocycles. The SMILES string of the molecule is O=S1(=O)c2ncc[c-]c2-c2nccc3c2c1cc1ccccc13.[Ir+3].[c-]1ccccc1-c1ccccn1.[c-]1ccccc1-c1ccccn1. The zero-order valence-electron chi connectivity index (χ0n) is 25.3. The van der Waals surface area contributed by atoms with Crippen molar-refractivity contribution < 1.29 is 28.5 Å². The van der Waals surface area contributed by atoms with Crippen LogP contribution in [0.25, 0.3) is 55.3 Å². The molecule has 0 fully saturated rings. The maximum atomic E-state index is 13.0. The van der Waals surface area contributed by atoms with Crippen molar-refractivity contribution in [2.24, 2.45) is 0 Å². The van der Waals surface area contributed by atoms with E-state index in [4.69, 9.17) is 0 Å². The van der Waals surface area contributed by atoms with Gasteiger partial charge in [0.2, 0.25) is 0 Å². The normalized spacial score (nSPS) is 11.9. The van der Waals surface area contributed by atoms with E-state index in [1.165, 1.54) is 6.20 Å². The van der Waals surface area contributed by atoms with Crippen LogP contribution in [0.2, 0.25) is 0 Å².